The van der Waals surface area contributed by atoms with Crippen LogP contribution >= 0.6 is 11.6 Å². The van der Waals surface area contributed by atoms with E-state index in [2.05, 4.69) is 4.98 Å². The Balaban J connectivity index is 1.69. The van der Waals surface area contributed by atoms with E-state index in [9.17, 15) is 27.2 Å². The number of carbonyl (C=O) groups is 2. The minimum absolute atomic E-state index is 0.0297. The Morgan fingerprint density at radius 1 is 1.03 bits per heavy atom. The maximum atomic E-state index is 14.1. The fourth-order valence-corrected chi connectivity index (χ4v) is 4.01. The summed E-state index contributed by atoms with van der Waals surface area (Å²) in [5.41, 5.74) is -0.871. The molecule has 35 heavy (non-hydrogen) atoms. The van der Waals surface area contributed by atoms with Crippen LogP contribution in [0.3, 0.4) is 0 Å². The number of aromatic amines is 1. The minimum atomic E-state index is -4.93. The Morgan fingerprint density at radius 3 is 2.46 bits per heavy atom. The van der Waals surface area contributed by atoms with E-state index in [1.54, 1.807) is 24.3 Å². The highest BCUT2D eigenvalue weighted by atomic mass is 35.5. The minimum Gasteiger partial charge on any atom is -0.478 e. The summed E-state index contributed by atoms with van der Waals surface area (Å²) in [4.78, 5) is 28.6. The first-order valence-corrected chi connectivity index (χ1v) is 10.6. The number of rotatable bonds is 5. The smallest absolute Gasteiger partial charge is 0.417 e. The number of nitrogens with zero attached hydrogens (tertiary/aromatic N) is 1. The molecule has 0 radical (unpaired) electrons. The van der Waals surface area contributed by atoms with Crippen LogP contribution in [0.1, 0.15) is 32.0 Å². The second-order valence-corrected chi connectivity index (χ2v) is 8.38. The van der Waals surface area contributed by atoms with Gasteiger partial charge in [0.2, 0.25) is 0 Å². The summed E-state index contributed by atoms with van der Waals surface area (Å²) < 4.78 is 54.6. The number of nitrogens with one attached hydrogen (secondary N) is 1. The van der Waals surface area contributed by atoms with Crippen LogP contribution < -0.4 is 0 Å². The number of carbonyl (C=O) groups excluding carboxylic acids is 1. The van der Waals surface area contributed by atoms with Crippen LogP contribution in [-0.4, -0.2) is 33.9 Å². The Hall–Kier alpha value is -3.85. The van der Waals surface area contributed by atoms with Crippen molar-refractivity contribution in [3.63, 3.8) is 0 Å². The van der Waals surface area contributed by atoms with Gasteiger partial charge in [0.15, 0.2) is 0 Å². The van der Waals surface area contributed by atoms with E-state index in [0.717, 1.165) is 23.6 Å². The number of benzene rings is 3. The number of carboxylic acid groups (broad SMARTS) is 1. The average Bonchev–Trinajstić information content (AvgIpc) is 3.21. The lowest BCUT2D eigenvalue weighted by atomic mass is 9.95. The van der Waals surface area contributed by atoms with Crippen LogP contribution in [0.2, 0.25) is 5.02 Å². The molecule has 0 atom stereocenters. The molecule has 0 bridgehead atoms. The molecule has 1 aromatic heterocycles. The van der Waals surface area contributed by atoms with Gasteiger partial charge < -0.3 is 15.0 Å². The number of fused-ring (bicyclic) bond motifs is 1. The molecule has 0 aliphatic rings. The van der Waals surface area contributed by atoms with Gasteiger partial charge in [-0.2, -0.15) is 13.2 Å². The SMILES string of the molecule is CN(Cc1ccc(F)cc1-c1ccc(C(=O)O)c(C(F)(F)F)c1)C(=O)c1cc2ccc(Cl)cc2[nH]1. The highest BCUT2D eigenvalue weighted by molar-refractivity contribution is 6.31. The van der Waals surface area contributed by atoms with Gasteiger partial charge in [0.25, 0.3) is 5.91 Å². The number of hydrogen-bond donors (Lipinski definition) is 2. The molecule has 10 heteroatoms. The molecule has 1 heterocycles. The highest BCUT2D eigenvalue weighted by Crippen LogP contribution is 2.36. The molecular weight excluding hydrogens is 488 g/mol. The van der Waals surface area contributed by atoms with Crippen molar-refractivity contribution in [2.75, 3.05) is 7.05 Å². The maximum Gasteiger partial charge on any atom is 0.417 e. The molecule has 0 fully saturated rings. The number of aromatic carboxylic acids is 1. The van der Waals surface area contributed by atoms with Gasteiger partial charge in [0.05, 0.1) is 11.1 Å². The normalized spacial score (nSPS) is 11.6. The molecule has 0 spiro atoms. The maximum absolute atomic E-state index is 14.1. The third-order valence-corrected chi connectivity index (χ3v) is 5.74. The van der Waals surface area contributed by atoms with E-state index in [1.807, 2.05) is 0 Å². The quantitative estimate of drug-likeness (QED) is 0.300. The topological polar surface area (TPSA) is 73.4 Å². The summed E-state index contributed by atoms with van der Waals surface area (Å²) in [6, 6.07) is 13.0. The second kappa shape index (κ2) is 9.07. The Morgan fingerprint density at radius 2 is 1.77 bits per heavy atom. The fraction of sp³-hybridized carbons (Fsp3) is 0.120. The third kappa shape index (κ3) is 5.00. The second-order valence-electron chi connectivity index (χ2n) is 7.94. The van der Waals surface area contributed by atoms with Crippen molar-refractivity contribution in [3.05, 3.63) is 93.9 Å². The number of aromatic nitrogens is 1. The van der Waals surface area contributed by atoms with Gasteiger partial charge in [-0.25, -0.2) is 9.18 Å². The molecule has 180 valence electrons. The number of carboxylic acids is 1. The number of amides is 1. The summed E-state index contributed by atoms with van der Waals surface area (Å²) in [6.45, 7) is -0.0490. The van der Waals surface area contributed by atoms with Gasteiger partial charge in [-0.1, -0.05) is 29.8 Å². The Bertz CT molecular complexity index is 1460. The van der Waals surface area contributed by atoms with Gasteiger partial charge in [0, 0.05) is 29.5 Å². The lowest BCUT2D eigenvalue weighted by molar-refractivity contribution is -0.138. The van der Waals surface area contributed by atoms with Crippen LogP contribution in [0, 0.1) is 5.82 Å². The zero-order valence-corrected chi connectivity index (χ0v) is 18.8. The molecule has 2 N–H and O–H groups in total. The van der Waals surface area contributed by atoms with E-state index in [-0.39, 0.29) is 23.4 Å². The number of halogens is 5. The molecule has 0 unspecified atom stereocenters. The summed E-state index contributed by atoms with van der Waals surface area (Å²) in [5.74, 6) is -2.82. The summed E-state index contributed by atoms with van der Waals surface area (Å²) >= 11 is 5.98. The molecule has 3 aromatic carbocycles. The Kier molecular flexibility index (Phi) is 6.29. The van der Waals surface area contributed by atoms with Crippen molar-refractivity contribution in [3.8, 4) is 11.1 Å². The number of hydrogen-bond acceptors (Lipinski definition) is 2. The van der Waals surface area contributed by atoms with E-state index >= 15 is 0 Å². The predicted molar refractivity (Wildman–Crippen MR) is 123 cm³/mol. The van der Waals surface area contributed by atoms with Gasteiger partial charge in [0.1, 0.15) is 11.5 Å². The summed E-state index contributed by atoms with van der Waals surface area (Å²) in [7, 11) is 1.50. The zero-order valence-electron chi connectivity index (χ0n) is 18.1. The van der Waals surface area contributed by atoms with Crippen molar-refractivity contribution in [1.82, 2.24) is 9.88 Å². The van der Waals surface area contributed by atoms with Crippen molar-refractivity contribution < 1.29 is 32.3 Å². The third-order valence-electron chi connectivity index (χ3n) is 5.51. The molecule has 0 saturated heterocycles. The first-order chi connectivity index (χ1) is 16.4. The molecule has 5 nitrogen and oxygen atoms in total. The van der Waals surface area contributed by atoms with Gasteiger partial charge in [-0.3, -0.25) is 4.79 Å². The first-order valence-electron chi connectivity index (χ1n) is 10.2. The van der Waals surface area contributed by atoms with Crippen LogP contribution in [0.5, 0.6) is 0 Å². The van der Waals surface area contributed by atoms with E-state index in [1.165, 1.54) is 24.1 Å². The van der Waals surface area contributed by atoms with E-state index < -0.39 is 35.0 Å². The largest absolute Gasteiger partial charge is 0.478 e. The monoisotopic (exact) mass is 504 g/mol. The predicted octanol–water partition coefficient (Wildman–Crippen LogP) is 6.62. The Labute approximate surface area is 201 Å². The molecule has 1 amide bonds. The van der Waals surface area contributed by atoms with E-state index in [4.69, 9.17) is 16.7 Å². The van der Waals surface area contributed by atoms with Crippen molar-refractivity contribution >= 4 is 34.4 Å². The first kappa shape index (κ1) is 24.3. The molecular formula is C25H17ClF4N2O3. The standard InChI is InChI=1S/C25H17ClF4N2O3/c1-32(23(33)22-9-14-2-5-16(26)10-21(14)31-22)12-15-3-6-17(27)11-19(15)13-4-7-18(24(34)35)20(8-13)25(28,29)30/h2-11,31H,12H2,1H3,(H,34,35). The lowest BCUT2D eigenvalue weighted by Gasteiger charge is -2.20. The summed E-state index contributed by atoms with van der Waals surface area (Å²) in [6.07, 6.45) is -4.93. The molecule has 4 rings (SSSR count). The molecule has 0 aliphatic heterocycles. The van der Waals surface area contributed by atoms with Crippen molar-refractivity contribution in [2.24, 2.45) is 0 Å². The fourth-order valence-electron chi connectivity index (χ4n) is 3.84. The van der Waals surface area contributed by atoms with Crippen LogP contribution in [0.25, 0.3) is 22.0 Å². The number of H-pyrrole nitrogens is 1. The van der Waals surface area contributed by atoms with Crippen LogP contribution in [0.15, 0.2) is 60.7 Å². The van der Waals surface area contributed by atoms with Crippen LogP contribution in [0.4, 0.5) is 17.6 Å². The van der Waals surface area contributed by atoms with Crippen molar-refractivity contribution in [1.29, 1.82) is 0 Å². The highest BCUT2D eigenvalue weighted by Gasteiger charge is 2.35. The average molecular weight is 505 g/mol. The molecule has 4 aromatic rings. The van der Waals surface area contributed by atoms with Gasteiger partial charge in [-0.15, -0.1) is 0 Å². The summed E-state index contributed by atoms with van der Waals surface area (Å²) in [5, 5.41) is 10.4. The van der Waals surface area contributed by atoms with Crippen molar-refractivity contribution in [2.45, 2.75) is 12.7 Å². The zero-order chi connectivity index (χ0) is 25.5. The van der Waals surface area contributed by atoms with Gasteiger partial charge in [-0.05, 0) is 59.2 Å². The molecule has 0 saturated carbocycles. The van der Waals surface area contributed by atoms with E-state index in [0.29, 0.717) is 22.2 Å². The van der Waals surface area contributed by atoms with Crippen LogP contribution in [-0.2, 0) is 12.7 Å². The van der Waals surface area contributed by atoms with Gasteiger partial charge >= 0.3 is 12.1 Å². The molecule has 0 aliphatic carbocycles. The number of alkyl halides is 3. The lowest BCUT2D eigenvalue weighted by Crippen LogP contribution is -2.26.